The van der Waals surface area contributed by atoms with Crippen LogP contribution in [0.3, 0.4) is 0 Å². The predicted molar refractivity (Wildman–Crippen MR) is 87.4 cm³/mol. The van der Waals surface area contributed by atoms with Crippen LogP contribution in [0.15, 0.2) is 17.2 Å². The van der Waals surface area contributed by atoms with Gasteiger partial charge in [0.05, 0.1) is 5.69 Å². The van der Waals surface area contributed by atoms with E-state index in [0.717, 1.165) is 17.0 Å². The molecule has 1 saturated heterocycles. The fourth-order valence-corrected chi connectivity index (χ4v) is 3.16. The Morgan fingerprint density at radius 1 is 1.52 bits per heavy atom. The zero-order valence-corrected chi connectivity index (χ0v) is 14.6. The van der Waals surface area contributed by atoms with Gasteiger partial charge < -0.3 is 9.84 Å². The van der Waals surface area contributed by atoms with Crippen molar-refractivity contribution < 1.29 is 13.7 Å². The van der Waals surface area contributed by atoms with Gasteiger partial charge in [-0.05, 0) is 27.2 Å². The number of alkyl halides is 1. The molecule has 3 atom stereocenters. The first-order valence-corrected chi connectivity index (χ1v) is 8.37. The molecular formula is C16H23FN6O2. The number of halogens is 1. The van der Waals surface area contributed by atoms with Crippen molar-refractivity contribution in [2.45, 2.75) is 52.0 Å². The van der Waals surface area contributed by atoms with Crippen molar-refractivity contribution >= 4 is 5.91 Å². The molecule has 3 rings (SSSR count). The van der Waals surface area contributed by atoms with Crippen LogP contribution in [0.2, 0.25) is 0 Å². The van der Waals surface area contributed by atoms with Crippen LogP contribution in [0.1, 0.15) is 36.4 Å². The molecule has 0 aromatic carbocycles. The molecule has 0 bridgehead atoms. The fraction of sp³-hybridized carbons (Fsp3) is 0.625. The number of carbonyl (C=O) groups excluding carboxylic acids is 1. The van der Waals surface area contributed by atoms with E-state index in [1.165, 1.54) is 17.3 Å². The average molecular weight is 350 g/mol. The van der Waals surface area contributed by atoms with E-state index < -0.39 is 12.2 Å². The van der Waals surface area contributed by atoms with Crippen molar-refractivity contribution in [2.75, 3.05) is 13.1 Å². The molecule has 8 nitrogen and oxygen atoms in total. The Kier molecular flexibility index (Phi) is 5.12. The first-order chi connectivity index (χ1) is 12.0. The molecule has 1 amide bonds. The van der Waals surface area contributed by atoms with E-state index in [-0.39, 0.29) is 11.9 Å². The Morgan fingerprint density at radius 2 is 2.32 bits per heavy atom. The largest absolute Gasteiger partial charge is 0.361 e. The van der Waals surface area contributed by atoms with Crippen molar-refractivity contribution in [3.05, 3.63) is 29.7 Å². The highest BCUT2D eigenvalue weighted by Gasteiger charge is 2.33. The molecule has 0 saturated carbocycles. The summed E-state index contributed by atoms with van der Waals surface area (Å²) >= 11 is 0. The minimum absolute atomic E-state index is 0.0596. The lowest BCUT2D eigenvalue weighted by Gasteiger charge is -2.24. The topological polar surface area (TPSA) is 89.1 Å². The van der Waals surface area contributed by atoms with Gasteiger partial charge in [-0.15, -0.1) is 0 Å². The first kappa shape index (κ1) is 17.5. The molecule has 2 aromatic rings. The zero-order chi connectivity index (χ0) is 18.0. The van der Waals surface area contributed by atoms with Gasteiger partial charge in [-0.1, -0.05) is 5.16 Å². The van der Waals surface area contributed by atoms with E-state index >= 15 is 0 Å². The van der Waals surface area contributed by atoms with Gasteiger partial charge in [0, 0.05) is 31.2 Å². The number of hydrogen-bond acceptors (Lipinski definition) is 6. The summed E-state index contributed by atoms with van der Waals surface area (Å²) in [5, 5.41) is 10.8. The fourth-order valence-electron chi connectivity index (χ4n) is 3.16. The number of nitrogens with one attached hydrogen (secondary N) is 1. The Hall–Kier alpha value is -2.29. The highest BCUT2D eigenvalue weighted by Crippen LogP contribution is 2.24. The second kappa shape index (κ2) is 7.30. The Labute approximate surface area is 145 Å². The summed E-state index contributed by atoms with van der Waals surface area (Å²) in [6.45, 7) is 6.80. The van der Waals surface area contributed by atoms with Crippen LogP contribution in [0, 0.1) is 13.8 Å². The van der Waals surface area contributed by atoms with Gasteiger partial charge in [0.1, 0.15) is 30.6 Å². The quantitative estimate of drug-likeness (QED) is 0.841. The van der Waals surface area contributed by atoms with E-state index in [1.807, 2.05) is 18.7 Å². The molecule has 9 heteroatoms. The zero-order valence-electron chi connectivity index (χ0n) is 14.6. The highest BCUT2D eigenvalue weighted by atomic mass is 19.1. The monoisotopic (exact) mass is 350 g/mol. The molecule has 2 aromatic heterocycles. The van der Waals surface area contributed by atoms with Gasteiger partial charge in [-0.25, -0.2) is 14.1 Å². The van der Waals surface area contributed by atoms with E-state index in [1.54, 1.807) is 6.92 Å². The Bertz CT molecular complexity index is 697. The Morgan fingerprint density at radius 3 is 2.96 bits per heavy atom. The molecule has 1 aliphatic heterocycles. The third-order valence-electron chi connectivity index (χ3n) is 4.74. The molecule has 3 heterocycles. The lowest BCUT2D eigenvalue weighted by atomic mass is 10.1. The van der Waals surface area contributed by atoms with Gasteiger partial charge in [0.15, 0.2) is 0 Å². The smallest absolute Gasteiger partial charge is 0.244 e. The first-order valence-electron chi connectivity index (χ1n) is 8.37. The summed E-state index contributed by atoms with van der Waals surface area (Å²) in [6.07, 6.45) is 2.40. The van der Waals surface area contributed by atoms with Crippen LogP contribution in [0.4, 0.5) is 4.39 Å². The van der Waals surface area contributed by atoms with Crippen LogP contribution < -0.4 is 5.32 Å². The number of hydrogen-bond donors (Lipinski definition) is 1. The number of aromatic nitrogens is 4. The molecule has 0 aliphatic carbocycles. The van der Waals surface area contributed by atoms with Gasteiger partial charge in [0.25, 0.3) is 0 Å². The number of likely N-dealkylation sites (tertiary alicyclic amines) is 1. The third-order valence-corrected chi connectivity index (χ3v) is 4.74. The number of rotatable bonds is 6. The normalized spacial score (nSPS) is 22.2. The molecule has 1 N–H and O–H groups in total. The lowest BCUT2D eigenvalue weighted by Crippen LogP contribution is -2.42. The van der Waals surface area contributed by atoms with E-state index in [2.05, 4.69) is 20.6 Å². The minimum Gasteiger partial charge on any atom is -0.361 e. The van der Waals surface area contributed by atoms with Crippen LogP contribution in [0.5, 0.6) is 0 Å². The maximum absolute atomic E-state index is 13.9. The maximum atomic E-state index is 13.9. The van der Waals surface area contributed by atoms with Crippen LogP contribution in [-0.2, 0) is 11.3 Å². The number of aryl methyl sites for hydroxylation is 2. The summed E-state index contributed by atoms with van der Waals surface area (Å²) in [7, 11) is 0. The highest BCUT2D eigenvalue weighted by molar-refractivity contribution is 5.79. The number of carbonyl (C=O) groups is 1. The predicted octanol–water partition coefficient (Wildman–Crippen LogP) is 1.17. The minimum atomic E-state index is -0.893. The SMILES string of the molecule is Cc1noc(C)c1CN1C[C@@H](F)C[C@H]1CNC(=O)C(C)n1cncn1. The standard InChI is InChI=1S/C16H23FN6O2/c1-10-15(12(3)25-21-10)7-22-6-13(17)4-14(22)5-19-16(24)11(2)23-9-18-8-20-23/h8-9,11,13-14H,4-7H2,1-3H3,(H,19,24)/t11?,13-,14-/m0/s1. The van der Waals surface area contributed by atoms with Gasteiger partial charge >= 0.3 is 0 Å². The van der Waals surface area contributed by atoms with E-state index in [4.69, 9.17) is 4.52 Å². The Balaban J connectivity index is 1.59. The molecular weight excluding hydrogens is 327 g/mol. The molecule has 0 radical (unpaired) electrons. The summed E-state index contributed by atoms with van der Waals surface area (Å²) in [5.74, 6) is 0.590. The van der Waals surface area contributed by atoms with Gasteiger partial charge in [-0.3, -0.25) is 9.69 Å². The molecule has 136 valence electrons. The van der Waals surface area contributed by atoms with Crippen LogP contribution in [-0.4, -0.2) is 56.0 Å². The van der Waals surface area contributed by atoms with E-state index in [9.17, 15) is 9.18 Å². The van der Waals surface area contributed by atoms with Crippen molar-refractivity contribution in [3.63, 3.8) is 0 Å². The van der Waals surface area contributed by atoms with Gasteiger partial charge in [-0.2, -0.15) is 5.10 Å². The molecule has 0 spiro atoms. The van der Waals surface area contributed by atoms with Crippen LogP contribution in [0.25, 0.3) is 0 Å². The summed E-state index contributed by atoms with van der Waals surface area (Å²) in [5.41, 5.74) is 1.81. The summed E-state index contributed by atoms with van der Waals surface area (Å²) in [4.78, 5) is 18.2. The number of amides is 1. The summed E-state index contributed by atoms with van der Waals surface area (Å²) < 4.78 is 20.6. The van der Waals surface area contributed by atoms with Crippen molar-refractivity contribution in [1.29, 1.82) is 0 Å². The van der Waals surface area contributed by atoms with Crippen molar-refractivity contribution in [1.82, 2.24) is 30.1 Å². The maximum Gasteiger partial charge on any atom is 0.244 e. The second-order valence-electron chi connectivity index (χ2n) is 6.52. The molecule has 1 aliphatic rings. The average Bonchev–Trinajstić information content (AvgIpc) is 3.30. The van der Waals surface area contributed by atoms with Crippen molar-refractivity contribution in [3.8, 4) is 0 Å². The molecule has 1 fully saturated rings. The van der Waals surface area contributed by atoms with E-state index in [0.29, 0.717) is 26.1 Å². The lowest BCUT2D eigenvalue weighted by molar-refractivity contribution is -0.124. The third kappa shape index (κ3) is 3.87. The molecule has 25 heavy (non-hydrogen) atoms. The van der Waals surface area contributed by atoms with Gasteiger partial charge in [0.2, 0.25) is 5.91 Å². The molecule has 1 unspecified atom stereocenters. The van der Waals surface area contributed by atoms with Crippen LogP contribution >= 0.6 is 0 Å². The van der Waals surface area contributed by atoms with Crippen molar-refractivity contribution in [2.24, 2.45) is 0 Å². The summed E-state index contributed by atoms with van der Waals surface area (Å²) in [6, 6.07) is -0.517. The second-order valence-corrected chi connectivity index (χ2v) is 6.52. The number of nitrogens with zero attached hydrogens (tertiary/aromatic N) is 5.